The van der Waals surface area contributed by atoms with Crippen molar-refractivity contribution < 1.29 is 10.0 Å². The Hall–Kier alpha value is -1.12. The van der Waals surface area contributed by atoms with Gasteiger partial charge in [0, 0.05) is 0 Å². The van der Waals surface area contributed by atoms with Gasteiger partial charge in [0.15, 0.2) is 0 Å². The van der Waals surface area contributed by atoms with Crippen LogP contribution in [0.25, 0.3) is 6.08 Å². The number of hydrogen-bond acceptors (Lipinski definition) is 1. The van der Waals surface area contributed by atoms with Crippen LogP contribution < -0.4 is 4.90 Å². The molecular weight excluding hydrogens is 174 g/mol. The Morgan fingerprint density at radius 3 is 2.64 bits per heavy atom. The van der Waals surface area contributed by atoms with Crippen molar-refractivity contribution in [2.24, 2.45) is 0 Å². The molecule has 0 heterocycles. The summed E-state index contributed by atoms with van der Waals surface area (Å²) >= 11 is 0. The van der Waals surface area contributed by atoms with Crippen molar-refractivity contribution in [1.82, 2.24) is 0 Å². The summed E-state index contributed by atoms with van der Waals surface area (Å²) < 4.78 is 0. The van der Waals surface area contributed by atoms with Gasteiger partial charge in [0.25, 0.3) is 0 Å². The van der Waals surface area contributed by atoms with Crippen molar-refractivity contribution in [1.29, 1.82) is 0 Å². The first-order chi connectivity index (χ1) is 6.70. The third-order valence-corrected chi connectivity index (χ3v) is 2.80. The van der Waals surface area contributed by atoms with Crippen molar-refractivity contribution in [2.45, 2.75) is 12.1 Å². The second-order valence-electron chi connectivity index (χ2n) is 4.04. The predicted molar refractivity (Wildman–Crippen MR) is 57.0 cm³/mol. The van der Waals surface area contributed by atoms with E-state index in [1.165, 1.54) is 4.90 Å². The zero-order valence-corrected chi connectivity index (χ0v) is 8.57. The highest BCUT2D eigenvalue weighted by molar-refractivity contribution is 5.58. The van der Waals surface area contributed by atoms with Crippen molar-refractivity contribution in [3.8, 4) is 0 Å². The van der Waals surface area contributed by atoms with Gasteiger partial charge in [0.05, 0.1) is 14.1 Å². The average molecular weight is 190 g/mol. The maximum atomic E-state index is 10.1. The van der Waals surface area contributed by atoms with Crippen LogP contribution in [0, 0.1) is 0 Å². The van der Waals surface area contributed by atoms with Gasteiger partial charge in [-0.2, -0.15) is 0 Å². The predicted octanol–water partition coefficient (Wildman–Crippen LogP) is 0.260. The van der Waals surface area contributed by atoms with Gasteiger partial charge < -0.3 is 10.0 Å². The summed E-state index contributed by atoms with van der Waals surface area (Å²) in [5, 5.41) is 10.1. The number of likely N-dealkylation sites (N-methyl/N-ethyl adjacent to an activating group) is 1. The van der Waals surface area contributed by atoms with Crippen LogP contribution in [-0.2, 0) is 0 Å². The minimum absolute atomic E-state index is 0.171. The fourth-order valence-electron chi connectivity index (χ4n) is 1.95. The molecule has 2 rings (SSSR count). The minimum Gasteiger partial charge on any atom is -0.382 e. The maximum absolute atomic E-state index is 10.1. The quantitative estimate of drug-likeness (QED) is 0.652. The molecule has 0 aromatic heterocycles. The Morgan fingerprint density at radius 2 is 1.93 bits per heavy atom. The first-order valence-electron chi connectivity index (χ1n) is 4.95. The van der Waals surface area contributed by atoms with Gasteiger partial charge in [-0.05, 0) is 17.2 Å². The van der Waals surface area contributed by atoms with Gasteiger partial charge in [0.2, 0.25) is 0 Å². The Kier molecular flexibility index (Phi) is 2.40. The monoisotopic (exact) mass is 190 g/mol. The van der Waals surface area contributed by atoms with Crippen LogP contribution in [0.1, 0.15) is 17.2 Å². The summed E-state index contributed by atoms with van der Waals surface area (Å²) in [5.41, 5.74) is 2.18. The molecule has 14 heavy (non-hydrogen) atoms. The summed E-state index contributed by atoms with van der Waals surface area (Å²) in [5.74, 6) is 0. The summed E-state index contributed by atoms with van der Waals surface area (Å²) in [4.78, 5) is 1.25. The van der Waals surface area contributed by atoms with Crippen molar-refractivity contribution in [2.75, 3.05) is 14.1 Å². The van der Waals surface area contributed by atoms with Crippen LogP contribution in [0.15, 0.2) is 30.3 Å². The van der Waals surface area contributed by atoms with Gasteiger partial charge in [-0.3, -0.25) is 0 Å². The molecule has 0 aliphatic heterocycles. The molecule has 0 radical (unpaired) electrons. The number of hydrogen-bond donors (Lipinski definition) is 2. The van der Waals surface area contributed by atoms with Crippen molar-refractivity contribution >= 4 is 6.08 Å². The van der Waals surface area contributed by atoms with Crippen molar-refractivity contribution in [3.05, 3.63) is 41.5 Å². The molecule has 1 aromatic carbocycles. The Bertz CT molecular complexity index is 357. The number of nitrogens with one attached hydrogen (secondary N) is 1. The number of quaternary nitrogens is 1. The molecule has 0 amide bonds. The first kappa shape index (κ1) is 9.44. The lowest BCUT2D eigenvalue weighted by Gasteiger charge is -2.27. The summed E-state index contributed by atoms with van der Waals surface area (Å²) in [6.45, 7) is 0. The molecule has 0 saturated carbocycles. The lowest BCUT2D eigenvalue weighted by atomic mass is 9.91. The molecule has 2 N–H and O–H groups in total. The molecule has 1 aliphatic carbocycles. The van der Waals surface area contributed by atoms with Crippen LogP contribution >= 0.6 is 0 Å². The van der Waals surface area contributed by atoms with E-state index < -0.39 is 0 Å². The van der Waals surface area contributed by atoms with Gasteiger partial charge in [-0.25, -0.2) is 0 Å². The molecule has 0 unspecified atom stereocenters. The number of fused-ring (bicyclic) bond motifs is 1. The van der Waals surface area contributed by atoms with Crippen LogP contribution in [-0.4, -0.2) is 25.2 Å². The van der Waals surface area contributed by atoms with Crippen LogP contribution in [0.2, 0.25) is 0 Å². The van der Waals surface area contributed by atoms with E-state index in [9.17, 15) is 5.11 Å². The van der Waals surface area contributed by atoms with Crippen LogP contribution in [0.3, 0.4) is 0 Å². The molecule has 1 aliphatic rings. The molecule has 2 heteroatoms. The summed E-state index contributed by atoms with van der Waals surface area (Å²) in [6.07, 6.45) is 3.81. The minimum atomic E-state index is -0.374. The van der Waals surface area contributed by atoms with E-state index in [2.05, 4.69) is 26.2 Å². The Morgan fingerprint density at radius 1 is 1.21 bits per heavy atom. The average Bonchev–Trinajstić information content (AvgIpc) is 2.18. The number of aliphatic hydroxyl groups is 1. The van der Waals surface area contributed by atoms with Gasteiger partial charge in [0.1, 0.15) is 12.1 Å². The lowest BCUT2D eigenvalue weighted by molar-refractivity contribution is -0.883. The lowest BCUT2D eigenvalue weighted by Crippen LogP contribution is -3.10. The fourth-order valence-corrected chi connectivity index (χ4v) is 1.95. The third kappa shape index (κ3) is 1.47. The second kappa shape index (κ2) is 3.56. The summed E-state index contributed by atoms with van der Waals surface area (Å²) in [7, 11) is 4.12. The van der Waals surface area contributed by atoms with Gasteiger partial charge in [-0.15, -0.1) is 0 Å². The SMILES string of the molecule is C[NH+](C)[C@H]1C=Cc2ccccc2[C@@H]1O. The van der Waals surface area contributed by atoms with Crippen LogP contribution in [0.5, 0.6) is 0 Å². The van der Waals surface area contributed by atoms with E-state index >= 15 is 0 Å². The summed E-state index contributed by atoms with van der Waals surface area (Å²) in [6, 6.07) is 8.18. The van der Waals surface area contributed by atoms with E-state index in [0.29, 0.717) is 0 Å². The molecule has 2 atom stereocenters. The number of aliphatic hydroxyl groups excluding tert-OH is 1. The Labute approximate surface area is 84.5 Å². The van der Waals surface area contributed by atoms with E-state index in [1.807, 2.05) is 24.3 Å². The molecule has 0 fully saturated rings. The highest BCUT2D eigenvalue weighted by Crippen LogP contribution is 2.26. The highest BCUT2D eigenvalue weighted by atomic mass is 16.3. The molecule has 0 saturated heterocycles. The zero-order valence-electron chi connectivity index (χ0n) is 8.57. The molecule has 0 spiro atoms. The molecule has 1 aromatic rings. The van der Waals surface area contributed by atoms with Crippen molar-refractivity contribution in [3.63, 3.8) is 0 Å². The zero-order chi connectivity index (χ0) is 10.1. The fraction of sp³-hybridized carbons (Fsp3) is 0.333. The highest BCUT2D eigenvalue weighted by Gasteiger charge is 2.28. The molecule has 74 valence electrons. The number of benzene rings is 1. The normalized spacial score (nSPS) is 25.1. The van der Waals surface area contributed by atoms with E-state index in [-0.39, 0.29) is 12.1 Å². The first-order valence-corrected chi connectivity index (χ1v) is 4.95. The van der Waals surface area contributed by atoms with Gasteiger partial charge >= 0.3 is 0 Å². The van der Waals surface area contributed by atoms with E-state index in [1.54, 1.807) is 0 Å². The maximum Gasteiger partial charge on any atom is 0.137 e. The van der Waals surface area contributed by atoms with Crippen LogP contribution in [0.4, 0.5) is 0 Å². The molecule has 0 bridgehead atoms. The third-order valence-electron chi connectivity index (χ3n) is 2.80. The molecule has 2 nitrogen and oxygen atoms in total. The molecular formula is C12H16NO+. The second-order valence-corrected chi connectivity index (χ2v) is 4.04. The van der Waals surface area contributed by atoms with E-state index in [4.69, 9.17) is 0 Å². The van der Waals surface area contributed by atoms with E-state index in [0.717, 1.165) is 11.1 Å². The van der Waals surface area contributed by atoms with Gasteiger partial charge in [-0.1, -0.05) is 30.3 Å². The smallest absolute Gasteiger partial charge is 0.137 e. The number of rotatable bonds is 1. The standard InChI is InChI=1S/C12H15NO/c1-13(2)11-8-7-9-5-3-4-6-10(9)12(11)14/h3-8,11-12,14H,1-2H3/p+1/t11-,12-/m0/s1. The Balaban J connectivity index is 2.40. The topological polar surface area (TPSA) is 24.7 Å². The largest absolute Gasteiger partial charge is 0.382 e.